The summed E-state index contributed by atoms with van der Waals surface area (Å²) in [5.41, 5.74) is 1.80. The van der Waals surface area contributed by atoms with Gasteiger partial charge in [0.2, 0.25) is 5.89 Å². The summed E-state index contributed by atoms with van der Waals surface area (Å²) in [5.74, 6) is 1.70. The Kier molecular flexibility index (Phi) is 5.22. The van der Waals surface area contributed by atoms with E-state index in [4.69, 9.17) is 9.15 Å². The van der Waals surface area contributed by atoms with Gasteiger partial charge in [-0.2, -0.15) is 0 Å². The van der Waals surface area contributed by atoms with Crippen LogP contribution in [0.15, 0.2) is 77.7 Å². The summed E-state index contributed by atoms with van der Waals surface area (Å²) in [6.07, 6.45) is 7.37. The third kappa shape index (κ3) is 4.35. The molecule has 1 amide bonds. The average Bonchev–Trinajstić information content (AvgIpc) is 3.32. The fourth-order valence-electron chi connectivity index (χ4n) is 3.38. The van der Waals surface area contributed by atoms with Crippen LogP contribution in [0.2, 0.25) is 0 Å². The normalized spacial score (nSPS) is 13.2. The molecular weight excluding hydrogens is 392 g/mol. The van der Waals surface area contributed by atoms with Gasteiger partial charge in [0.1, 0.15) is 18.1 Å². The molecule has 1 aliphatic rings. The minimum absolute atomic E-state index is 0.257. The Bertz CT molecular complexity index is 1160. The first-order chi connectivity index (χ1) is 15.3. The van der Waals surface area contributed by atoms with Crippen molar-refractivity contribution in [2.45, 2.75) is 25.3 Å². The first kappa shape index (κ1) is 19.1. The van der Waals surface area contributed by atoms with Crippen LogP contribution < -0.4 is 10.1 Å². The number of nitrogens with one attached hydrogen (secondary N) is 1. The van der Waals surface area contributed by atoms with Crippen molar-refractivity contribution < 1.29 is 13.9 Å². The summed E-state index contributed by atoms with van der Waals surface area (Å²) in [5, 5.41) is 2.95. The van der Waals surface area contributed by atoms with Crippen molar-refractivity contribution in [1.29, 1.82) is 0 Å². The number of nitrogens with zero attached hydrogens (tertiary/aromatic N) is 3. The molecule has 31 heavy (non-hydrogen) atoms. The van der Waals surface area contributed by atoms with E-state index >= 15 is 0 Å². The number of benzene rings is 2. The van der Waals surface area contributed by atoms with Crippen LogP contribution in [0, 0.1) is 0 Å². The molecule has 0 radical (unpaired) electrons. The van der Waals surface area contributed by atoms with Crippen LogP contribution in [0.1, 0.15) is 35.0 Å². The Morgan fingerprint density at radius 2 is 1.94 bits per heavy atom. The van der Waals surface area contributed by atoms with Crippen LogP contribution in [-0.2, 0) is 6.54 Å². The van der Waals surface area contributed by atoms with Gasteiger partial charge >= 0.3 is 0 Å². The van der Waals surface area contributed by atoms with E-state index in [-0.39, 0.29) is 11.8 Å². The quantitative estimate of drug-likeness (QED) is 0.450. The summed E-state index contributed by atoms with van der Waals surface area (Å²) in [7, 11) is 0. The number of anilines is 1. The number of rotatable bonds is 8. The molecule has 0 saturated heterocycles. The van der Waals surface area contributed by atoms with Gasteiger partial charge in [-0.15, -0.1) is 0 Å². The van der Waals surface area contributed by atoms with Crippen molar-refractivity contribution in [1.82, 2.24) is 14.5 Å². The molecule has 0 unspecified atom stereocenters. The third-order valence-electron chi connectivity index (χ3n) is 5.14. The molecule has 4 aromatic rings. The molecule has 0 bridgehead atoms. The minimum Gasteiger partial charge on any atom is -0.490 e. The maximum absolute atomic E-state index is 13.1. The van der Waals surface area contributed by atoms with E-state index in [1.165, 1.54) is 0 Å². The zero-order valence-corrected chi connectivity index (χ0v) is 16.9. The number of para-hydroxylation sites is 2. The van der Waals surface area contributed by atoms with Gasteiger partial charge in [0.25, 0.3) is 5.91 Å². The monoisotopic (exact) mass is 414 g/mol. The second-order valence-corrected chi connectivity index (χ2v) is 7.47. The molecule has 1 saturated carbocycles. The summed E-state index contributed by atoms with van der Waals surface area (Å²) in [4.78, 5) is 21.7. The van der Waals surface area contributed by atoms with Crippen molar-refractivity contribution in [2.75, 3.05) is 11.9 Å². The predicted molar refractivity (Wildman–Crippen MR) is 116 cm³/mol. The highest BCUT2D eigenvalue weighted by atomic mass is 16.5. The van der Waals surface area contributed by atoms with E-state index in [2.05, 4.69) is 15.3 Å². The second kappa shape index (κ2) is 8.47. The van der Waals surface area contributed by atoms with Crippen LogP contribution in [0.5, 0.6) is 5.75 Å². The van der Waals surface area contributed by atoms with Crippen LogP contribution in [-0.4, -0.2) is 27.0 Å². The summed E-state index contributed by atoms with van der Waals surface area (Å²) >= 11 is 0. The molecule has 1 fully saturated rings. The van der Waals surface area contributed by atoms with Crippen molar-refractivity contribution in [3.63, 3.8) is 0 Å². The topological polar surface area (TPSA) is 82.2 Å². The van der Waals surface area contributed by atoms with Crippen LogP contribution >= 0.6 is 0 Å². The number of carbonyl (C=O) groups excluding carboxylic acids is 1. The van der Waals surface area contributed by atoms with Gasteiger partial charge in [-0.3, -0.25) is 4.79 Å². The lowest BCUT2D eigenvalue weighted by molar-refractivity contribution is 0.102. The van der Waals surface area contributed by atoms with Gasteiger partial charge in [-0.05, 0) is 37.1 Å². The summed E-state index contributed by atoms with van der Waals surface area (Å²) < 4.78 is 13.8. The second-order valence-electron chi connectivity index (χ2n) is 7.47. The minimum atomic E-state index is -0.293. The predicted octanol–water partition coefficient (Wildman–Crippen LogP) is 4.75. The molecule has 2 aromatic carbocycles. The molecule has 0 aliphatic heterocycles. The maximum Gasteiger partial charge on any atom is 0.278 e. The SMILES string of the molecule is O=C(Nc1ccccc1OCCn1ccnc1)c1nc(-c2ccccc2)oc1C1CC1. The van der Waals surface area contributed by atoms with Crippen LogP contribution in [0.25, 0.3) is 11.5 Å². The molecule has 1 N–H and O–H groups in total. The molecule has 7 nitrogen and oxygen atoms in total. The average molecular weight is 414 g/mol. The number of hydrogen-bond donors (Lipinski definition) is 1. The number of hydrogen-bond acceptors (Lipinski definition) is 5. The fourth-order valence-corrected chi connectivity index (χ4v) is 3.38. The number of oxazole rings is 1. The number of amides is 1. The fraction of sp³-hybridized carbons (Fsp3) is 0.208. The molecule has 156 valence electrons. The largest absolute Gasteiger partial charge is 0.490 e. The Morgan fingerprint density at radius 3 is 2.71 bits per heavy atom. The van der Waals surface area contributed by atoms with Gasteiger partial charge in [0, 0.05) is 23.9 Å². The van der Waals surface area contributed by atoms with Crippen LogP contribution in [0.3, 0.4) is 0 Å². The van der Waals surface area contributed by atoms with Crippen LogP contribution in [0.4, 0.5) is 5.69 Å². The smallest absolute Gasteiger partial charge is 0.278 e. The highest BCUT2D eigenvalue weighted by Gasteiger charge is 2.34. The highest BCUT2D eigenvalue weighted by molar-refractivity contribution is 6.04. The van der Waals surface area contributed by atoms with E-state index in [9.17, 15) is 4.79 Å². The van der Waals surface area contributed by atoms with E-state index in [0.717, 1.165) is 18.4 Å². The number of aromatic nitrogens is 3. The molecule has 5 rings (SSSR count). The highest BCUT2D eigenvalue weighted by Crippen LogP contribution is 2.43. The molecule has 2 heterocycles. The van der Waals surface area contributed by atoms with E-state index in [1.54, 1.807) is 12.5 Å². The Morgan fingerprint density at radius 1 is 1.13 bits per heavy atom. The molecule has 0 atom stereocenters. The Hall–Kier alpha value is -3.87. The molecule has 1 aliphatic carbocycles. The van der Waals surface area contributed by atoms with Gasteiger partial charge < -0.3 is 19.0 Å². The third-order valence-corrected chi connectivity index (χ3v) is 5.14. The van der Waals surface area contributed by atoms with Crippen molar-refractivity contribution in [3.8, 4) is 17.2 Å². The number of imidazole rings is 1. The van der Waals surface area contributed by atoms with E-state index < -0.39 is 0 Å². The first-order valence-electron chi connectivity index (χ1n) is 10.3. The number of ether oxygens (including phenoxy) is 1. The zero-order chi connectivity index (χ0) is 21.0. The van der Waals surface area contributed by atoms with E-state index in [0.29, 0.717) is 41.9 Å². The van der Waals surface area contributed by atoms with Gasteiger partial charge in [0.05, 0.1) is 18.6 Å². The lowest BCUT2D eigenvalue weighted by atomic mass is 10.2. The zero-order valence-electron chi connectivity index (χ0n) is 16.9. The molecular formula is C24H22N4O3. The van der Waals surface area contributed by atoms with Crippen molar-refractivity contribution >= 4 is 11.6 Å². The molecule has 7 heteroatoms. The van der Waals surface area contributed by atoms with E-state index in [1.807, 2.05) is 65.4 Å². The summed E-state index contributed by atoms with van der Waals surface area (Å²) in [6, 6.07) is 17.0. The number of carbonyl (C=O) groups is 1. The van der Waals surface area contributed by atoms with Gasteiger partial charge in [0.15, 0.2) is 5.69 Å². The lowest BCUT2D eigenvalue weighted by Gasteiger charge is -2.12. The molecule has 0 spiro atoms. The van der Waals surface area contributed by atoms with Gasteiger partial charge in [-0.25, -0.2) is 9.97 Å². The van der Waals surface area contributed by atoms with Gasteiger partial charge in [-0.1, -0.05) is 30.3 Å². The first-order valence-corrected chi connectivity index (χ1v) is 10.3. The maximum atomic E-state index is 13.1. The summed E-state index contributed by atoms with van der Waals surface area (Å²) in [6.45, 7) is 1.12. The Balaban J connectivity index is 1.34. The standard InChI is InChI=1S/C24H22N4O3/c29-23(21-22(17-10-11-17)31-24(27-21)18-6-2-1-3-7-18)26-19-8-4-5-9-20(19)30-15-14-28-13-12-25-16-28/h1-9,12-13,16-17H,10-11,14-15H2,(H,26,29). The lowest BCUT2D eigenvalue weighted by Crippen LogP contribution is -2.15. The molecule has 2 aromatic heterocycles. The Labute approximate surface area is 179 Å². The van der Waals surface area contributed by atoms with Crippen molar-refractivity contribution in [2.24, 2.45) is 0 Å². The van der Waals surface area contributed by atoms with Crippen molar-refractivity contribution in [3.05, 3.63) is 84.8 Å².